The molecule has 0 aliphatic carbocycles. The Hall–Kier alpha value is -2.89. The molecule has 2 N–H and O–H groups in total. The average molecular weight is 354 g/mol. The molecule has 2 atom stereocenters. The predicted molar refractivity (Wildman–Crippen MR) is 99.3 cm³/mol. The van der Waals surface area contributed by atoms with E-state index >= 15 is 0 Å². The lowest BCUT2D eigenvalue weighted by Gasteiger charge is -2.34. The van der Waals surface area contributed by atoms with Crippen LogP contribution in [0.15, 0.2) is 78.9 Å². The maximum absolute atomic E-state index is 12.2. The molecular formula is C21H22O5. The van der Waals surface area contributed by atoms with Gasteiger partial charge in [0.15, 0.2) is 6.10 Å². The minimum Gasteiger partial charge on any atom is -0.446 e. The fourth-order valence-electron chi connectivity index (χ4n) is 2.14. The van der Waals surface area contributed by atoms with E-state index < -0.39 is 24.5 Å². The van der Waals surface area contributed by atoms with Gasteiger partial charge in [0.1, 0.15) is 5.75 Å². The molecule has 0 heterocycles. The number of benzene rings is 2. The molecule has 136 valence electrons. The van der Waals surface area contributed by atoms with Crippen molar-refractivity contribution in [3.63, 3.8) is 0 Å². The molecule has 0 aliphatic rings. The summed E-state index contributed by atoms with van der Waals surface area (Å²) >= 11 is 0. The van der Waals surface area contributed by atoms with Gasteiger partial charge in [-0.1, -0.05) is 61.2 Å². The van der Waals surface area contributed by atoms with Gasteiger partial charge in [0, 0.05) is 11.6 Å². The highest BCUT2D eigenvalue weighted by molar-refractivity contribution is 5.87. The minimum absolute atomic E-state index is 0.143. The van der Waals surface area contributed by atoms with Crippen molar-refractivity contribution in [3.05, 3.63) is 84.5 Å². The van der Waals surface area contributed by atoms with Crippen LogP contribution in [0.4, 0.5) is 0 Å². The Balaban J connectivity index is 2.45. The molecule has 0 saturated heterocycles. The Labute approximate surface area is 152 Å². The van der Waals surface area contributed by atoms with Crippen LogP contribution in [-0.4, -0.2) is 34.7 Å². The third-order valence-corrected chi connectivity index (χ3v) is 3.57. The summed E-state index contributed by atoms with van der Waals surface area (Å²) in [7, 11) is 0. The third-order valence-electron chi connectivity index (χ3n) is 3.57. The number of aliphatic hydroxyl groups is 2. The van der Waals surface area contributed by atoms with Crippen LogP contribution in [-0.2, 0) is 9.53 Å². The molecular weight excluding hydrogens is 332 g/mol. The molecule has 0 amide bonds. The van der Waals surface area contributed by atoms with Crippen molar-refractivity contribution in [2.24, 2.45) is 0 Å². The number of carbonyl (C=O) groups is 1. The van der Waals surface area contributed by atoms with Gasteiger partial charge in [0.25, 0.3) is 0 Å². The fourth-order valence-corrected chi connectivity index (χ4v) is 2.14. The van der Waals surface area contributed by atoms with Crippen LogP contribution < -0.4 is 4.74 Å². The summed E-state index contributed by atoms with van der Waals surface area (Å²) in [5, 5.41) is 19.9. The van der Waals surface area contributed by atoms with E-state index in [1.165, 1.54) is 13.0 Å². The van der Waals surface area contributed by atoms with E-state index in [4.69, 9.17) is 9.47 Å². The van der Waals surface area contributed by atoms with Crippen molar-refractivity contribution in [2.75, 3.05) is 6.61 Å². The number of rotatable bonds is 8. The molecule has 2 aromatic carbocycles. The summed E-state index contributed by atoms with van der Waals surface area (Å²) in [5.74, 6) is -2.29. The summed E-state index contributed by atoms with van der Waals surface area (Å²) < 4.78 is 11.2. The molecule has 2 unspecified atom stereocenters. The fraction of sp³-hybridized carbons (Fsp3) is 0.190. The van der Waals surface area contributed by atoms with Crippen LogP contribution in [0.3, 0.4) is 0 Å². The van der Waals surface area contributed by atoms with E-state index in [1.54, 1.807) is 36.4 Å². The molecule has 0 bridgehead atoms. The summed E-state index contributed by atoms with van der Waals surface area (Å²) in [4.78, 5) is 12.2. The SMILES string of the molecule is C=C(C)C(=O)OC(C=Cc1ccccc1)(Oc1ccccc1)C(O)CO. The summed E-state index contributed by atoms with van der Waals surface area (Å²) in [5.41, 5.74) is 0.953. The molecule has 26 heavy (non-hydrogen) atoms. The van der Waals surface area contributed by atoms with Crippen molar-refractivity contribution < 1.29 is 24.5 Å². The smallest absolute Gasteiger partial charge is 0.336 e. The Kier molecular flexibility index (Phi) is 6.72. The second-order valence-electron chi connectivity index (χ2n) is 5.75. The van der Waals surface area contributed by atoms with Crippen molar-refractivity contribution in [1.29, 1.82) is 0 Å². The van der Waals surface area contributed by atoms with Gasteiger partial charge in [-0.05, 0) is 24.6 Å². The van der Waals surface area contributed by atoms with E-state index in [0.717, 1.165) is 5.56 Å². The minimum atomic E-state index is -1.91. The standard InChI is InChI=1S/C21H22O5/c1-16(2)20(24)26-21(19(23)15-22,25-18-11-7-4-8-12-18)14-13-17-9-5-3-6-10-17/h3-14,19,22-23H,1,15H2,2H3. The number of aliphatic hydroxyl groups excluding tert-OH is 2. The zero-order chi connectivity index (χ0) is 19.0. The second-order valence-corrected chi connectivity index (χ2v) is 5.75. The zero-order valence-corrected chi connectivity index (χ0v) is 14.5. The van der Waals surface area contributed by atoms with E-state index in [2.05, 4.69) is 6.58 Å². The Morgan fingerprint density at radius 3 is 2.27 bits per heavy atom. The Morgan fingerprint density at radius 2 is 1.73 bits per heavy atom. The number of hydrogen-bond donors (Lipinski definition) is 2. The summed E-state index contributed by atoms with van der Waals surface area (Å²) in [6, 6.07) is 17.9. The number of para-hydroxylation sites is 1. The average Bonchev–Trinajstić information content (AvgIpc) is 2.67. The van der Waals surface area contributed by atoms with Gasteiger partial charge in [-0.15, -0.1) is 0 Å². The molecule has 5 heteroatoms. The largest absolute Gasteiger partial charge is 0.446 e. The summed E-state index contributed by atoms with van der Waals surface area (Å²) in [6.07, 6.45) is 1.55. The maximum Gasteiger partial charge on any atom is 0.336 e. The molecule has 0 fully saturated rings. The quantitative estimate of drug-likeness (QED) is 0.433. The molecule has 5 nitrogen and oxygen atoms in total. The molecule has 2 rings (SSSR count). The van der Waals surface area contributed by atoms with E-state index in [-0.39, 0.29) is 5.57 Å². The van der Waals surface area contributed by atoms with E-state index in [9.17, 15) is 15.0 Å². The lowest BCUT2D eigenvalue weighted by molar-refractivity contribution is -0.212. The number of hydrogen-bond acceptors (Lipinski definition) is 5. The molecule has 0 aliphatic heterocycles. The molecule has 0 saturated carbocycles. The molecule has 0 spiro atoms. The number of esters is 1. The van der Waals surface area contributed by atoms with Gasteiger partial charge >= 0.3 is 11.8 Å². The summed E-state index contributed by atoms with van der Waals surface area (Å²) in [6.45, 7) is 4.37. The van der Waals surface area contributed by atoms with Gasteiger partial charge in [-0.25, -0.2) is 4.79 Å². The van der Waals surface area contributed by atoms with Crippen molar-refractivity contribution in [3.8, 4) is 5.75 Å². The van der Waals surface area contributed by atoms with Crippen molar-refractivity contribution in [2.45, 2.75) is 18.8 Å². The van der Waals surface area contributed by atoms with Gasteiger partial charge in [-0.2, -0.15) is 0 Å². The van der Waals surface area contributed by atoms with Crippen LogP contribution in [0.25, 0.3) is 6.08 Å². The normalized spacial score (nSPS) is 14.4. The number of ether oxygens (including phenoxy) is 2. The first kappa shape index (κ1) is 19.4. The number of carbonyl (C=O) groups excluding carboxylic acids is 1. The predicted octanol–water partition coefficient (Wildman–Crippen LogP) is 2.95. The van der Waals surface area contributed by atoms with Crippen LogP contribution in [0, 0.1) is 0 Å². The molecule has 0 aromatic heterocycles. The second kappa shape index (κ2) is 8.99. The van der Waals surface area contributed by atoms with Crippen LogP contribution in [0.2, 0.25) is 0 Å². The van der Waals surface area contributed by atoms with Gasteiger partial charge in [0.2, 0.25) is 0 Å². The zero-order valence-electron chi connectivity index (χ0n) is 14.5. The van der Waals surface area contributed by atoms with Crippen molar-refractivity contribution in [1.82, 2.24) is 0 Å². The van der Waals surface area contributed by atoms with Gasteiger partial charge in [-0.3, -0.25) is 0 Å². The highest BCUT2D eigenvalue weighted by atomic mass is 16.7. The van der Waals surface area contributed by atoms with Crippen LogP contribution in [0.5, 0.6) is 5.75 Å². The highest BCUT2D eigenvalue weighted by Crippen LogP contribution is 2.27. The van der Waals surface area contributed by atoms with E-state index in [1.807, 2.05) is 30.3 Å². The monoisotopic (exact) mass is 354 g/mol. The molecule has 2 aromatic rings. The Morgan fingerprint density at radius 1 is 1.15 bits per heavy atom. The van der Waals surface area contributed by atoms with Gasteiger partial charge < -0.3 is 19.7 Å². The first-order chi connectivity index (χ1) is 12.5. The van der Waals surface area contributed by atoms with Crippen LogP contribution in [0.1, 0.15) is 12.5 Å². The molecule has 0 radical (unpaired) electrons. The van der Waals surface area contributed by atoms with E-state index in [0.29, 0.717) is 5.75 Å². The lowest BCUT2D eigenvalue weighted by atomic mass is 10.1. The third kappa shape index (κ3) is 5.05. The van der Waals surface area contributed by atoms with Gasteiger partial charge in [0.05, 0.1) is 6.61 Å². The Bertz CT molecular complexity index is 754. The first-order valence-electron chi connectivity index (χ1n) is 8.13. The lowest BCUT2D eigenvalue weighted by Crippen LogP contribution is -2.51. The maximum atomic E-state index is 12.2. The highest BCUT2D eigenvalue weighted by Gasteiger charge is 2.42. The topological polar surface area (TPSA) is 76.0 Å². The van der Waals surface area contributed by atoms with Crippen LogP contribution >= 0.6 is 0 Å². The first-order valence-corrected chi connectivity index (χ1v) is 8.13. The van der Waals surface area contributed by atoms with Crippen molar-refractivity contribution >= 4 is 12.0 Å².